The van der Waals surface area contributed by atoms with Gasteiger partial charge < -0.3 is 14.2 Å². The summed E-state index contributed by atoms with van der Waals surface area (Å²) in [7, 11) is -2.89. The number of methoxy groups -OCH3 is 1. The molecule has 0 atom stereocenters. The molecule has 0 aromatic heterocycles. The average molecular weight is 430 g/mol. The van der Waals surface area contributed by atoms with Crippen molar-refractivity contribution >= 4 is 16.1 Å². The second kappa shape index (κ2) is 20.6. The summed E-state index contributed by atoms with van der Waals surface area (Å²) in [5.41, 5.74) is 0. The number of ether oxygens (including phenoxy) is 1. The van der Waals surface area contributed by atoms with Crippen molar-refractivity contribution in [1.82, 2.24) is 4.90 Å². The van der Waals surface area contributed by atoms with Crippen molar-refractivity contribution in [1.29, 1.82) is 0 Å². The summed E-state index contributed by atoms with van der Waals surface area (Å²) in [4.78, 5) is 13.1. The summed E-state index contributed by atoms with van der Waals surface area (Å²) < 4.78 is 37.1. The zero-order chi connectivity index (χ0) is 20.4. The number of carbonyl (C=O) groups excluding carboxylic acids is 1. The molecule has 8 heteroatoms. The maximum Gasteiger partial charge on any atom is 1.00 e. The summed E-state index contributed by atoms with van der Waals surface area (Å²) in [6.07, 6.45) is 15.4. The van der Waals surface area contributed by atoms with E-state index in [9.17, 15) is 17.8 Å². The van der Waals surface area contributed by atoms with Gasteiger partial charge in [0.2, 0.25) is 0 Å². The minimum Gasteiger partial charge on any atom is -0.748 e. The van der Waals surface area contributed by atoms with Crippen LogP contribution in [0.3, 0.4) is 0 Å². The summed E-state index contributed by atoms with van der Waals surface area (Å²) in [5.74, 6) is -0.730. The molecule has 0 amide bonds. The average Bonchev–Trinajstić information content (AvgIpc) is 2.63. The van der Waals surface area contributed by atoms with Crippen LogP contribution >= 0.6 is 0 Å². The first-order valence-corrected chi connectivity index (χ1v) is 12.2. The first kappa shape index (κ1) is 30.5. The van der Waals surface area contributed by atoms with Gasteiger partial charge >= 0.3 is 35.5 Å². The van der Waals surface area contributed by atoms with Crippen LogP contribution in [-0.4, -0.2) is 56.3 Å². The van der Waals surface area contributed by atoms with E-state index in [2.05, 4.69) is 11.7 Å². The topological polar surface area (TPSA) is 86.7 Å². The van der Waals surface area contributed by atoms with Crippen molar-refractivity contribution in [2.24, 2.45) is 0 Å². The van der Waals surface area contributed by atoms with Gasteiger partial charge in [-0.2, -0.15) is 0 Å². The van der Waals surface area contributed by atoms with Crippen molar-refractivity contribution in [3.8, 4) is 0 Å². The van der Waals surface area contributed by atoms with Gasteiger partial charge in [-0.05, 0) is 13.0 Å². The van der Waals surface area contributed by atoms with Gasteiger partial charge in [0.25, 0.3) is 0 Å². The molecule has 0 saturated heterocycles. The van der Waals surface area contributed by atoms with Crippen LogP contribution in [0.25, 0.3) is 0 Å². The van der Waals surface area contributed by atoms with Gasteiger partial charge in [0.15, 0.2) is 0 Å². The number of unbranched alkanes of at least 4 members (excludes halogenated alkanes) is 11. The molecule has 0 aromatic rings. The third kappa shape index (κ3) is 22.6. The third-order valence-corrected chi connectivity index (χ3v) is 5.53. The Morgan fingerprint density at radius 1 is 0.821 bits per heavy atom. The molecule has 0 radical (unpaired) electrons. The minimum absolute atomic E-state index is 0. The zero-order valence-corrected chi connectivity index (χ0v) is 21.2. The Balaban J connectivity index is 0. The van der Waals surface area contributed by atoms with Crippen LogP contribution in [0.2, 0.25) is 0 Å². The van der Waals surface area contributed by atoms with Gasteiger partial charge in [0.05, 0.1) is 29.4 Å². The quantitative estimate of drug-likeness (QED) is 0.132. The first-order chi connectivity index (χ1) is 12.9. The van der Waals surface area contributed by atoms with Crippen LogP contribution in [0.5, 0.6) is 0 Å². The van der Waals surface area contributed by atoms with Crippen LogP contribution in [0.15, 0.2) is 0 Å². The summed E-state index contributed by atoms with van der Waals surface area (Å²) in [6, 6.07) is 0. The third-order valence-electron chi connectivity index (χ3n) is 4.85. The second-order valence-corrected chi connectivity index (χ2v) is 8.84. The van der Waals surface area contributed by atoms with E-state index in [4.69, 9.17) is 0 Å². The van der Waals surface area contributed by atoms with Crippen molar-refractivity contribution < 1.29 is 52.1 Å². The Morgan fingerprint density at radius 2 is 1.29 bits per heavy atom. The Hall–Kier alpha value is 0.340. The fourth-order valence-electron chi connectivity index (χ4n) is 3.10. The maximum absolute atomic E-state index is 11.3. The van der Waals surface area contributed by atoms with E-state index < -0.39 is 15.9 Å². The van der Waals surface area contributed by atoms with Gasteiger partial charge in [-0.25, -0.2) is 8.42 Å². The molecule has 0 aliphatic heterocycles. The second-order valence-electron chi connectivity index (χ2n) is 7.32. The molecule has 6 nitrogen and oxygen atoms in total. The molecular weight excluding hydrogens is 389 g/mol. The van der Waals surface area contributed by atoms with Gasteiger partial charge in [-0.15, -0.1) is 0 Å². The Labute approximate surface area is 195 Å². The van der Waals surface area contributed by atoms with E-state index in [1.54, 1.807) is 0 Å². The minimum atomic E-state index is -4.23. The van der Waals surface area contributed by atoms with Gasteiger partial charge in [-0.3, -0.25) is 4.79 Å². The van der Waals surface area contributed by atoms with E-state index in [0.717, 1.165) is 12.8 Å². The van der Waals surface area contributed by atoms with Crippen molar-refractivity contribution in [3.63, 3.8) is 0 Å². The molecule has 0 saturated carbocycles. The fraction of sp³-hybridized carbons (Fsp3) is 0.950. The van der Waals surface area contributed by atoms with E-state index in [0.29, 0.717) is 13.1 Å². The molecule has 0 aromatic carbocycles. The smallest absolute Gasteiger partial charge is 0.748 e. The Morgan fingerprint density at radius 3 is 1.71 bits per heavy atom. The Kier molecular flexibility index (Phi) is 22.5. The number of carbonyl (C=O) groups is 1. The van der Waals surface area contributed by atoms with Gasteiger partial charge in [-0.1, -0.05) is 77.6 Å². The molecular formula is C20H40NNaO5S. The zero-order valence-electron chi connectivity index (χ0n) is 18.4. The number of hydrogen-bond acceptors (Lipinski definition) is 6. The van der Waals surface area contributed by atoms with Crippen molar-refractivity contribution in [2.75, 3.05) is 32.5 Å². The number of nitrogens with zero attached hydrogens (tertiary/aromatic N) is 1. The van der Waals surface area contributed by atoms with Crippen molar-refractivity contribution in [3.05, 3.63) is 0 Å². The number of esters is 1. The van der Waals surface area contributed by atoms with E-state index in [1.165, 1.54) is 71.3 Å². The fourth-order valence-corrected chi connectivity index (χ4v) is 3.59. The predicted octanol–water partition coefficient (Wildman–Crippen LogP) is 1.10. The normalized spacial score (nSPS) is 11.4. The molecule has 0 rings (SSSR count). The molecule has 28 heavy (non-hydrogen) atoms. The molecule has 0 fully saturated rings. The summed E-state index contributed by atoms with van der Waals surface area (Å²) in [6.45, 7) is 3.56. The standard InChI is InChI=1S/C20H41NO5S.Na/c1-3-4-5-6-7-8-9-10-11-12-13-14-16-21(17-15-20(22)26-2)18-19-27(23,24)25;/h3-19H2,1-2H3,(H,23,24,25);/q;+1/p-1. The molecule has 0 aliphatic carbocycles. The first-order valence-electron chi connectivity index (χ1n) is 10.6. The molecule has 0 heterocycles. The molecule has 0 aliphatic rings. The van der Waals surface area contributed by atoms with Crippen LogP contribution in [0, 0.1) is 0 Å². The monoisotopic (exact) mass is 429 g/mol. The predicted molar refractivity (Wildman–Crippen MR) is 109 cm³/mol. The largest absolute Gasteiger partial charge is 1.00 e. The van der Waals surface area contributed by atoms with Crippen LogP contribution in [0.4, 0.5) is 0 Å². The number of rotatable bonds is 19. The van der Waals surface area contributed by atoms with Crippen LogP contribution in [-0.2, 0) is 19.6 Å². The van der Waals surface area contributed by atoms with E-state index in [1.807, 2.05) is 4.90 Å². The SMILES string of the molecule is CCCCCCCCCCCCCCN(CCC(=O)OC)CCS(=O)(=O)[O-].[Na+]. The van der Waals surface area contributed by atoms with E-state index >= 15 is 0 Å². The van der Waals surface area contributed by atoms with Crippen molar-refractivity contribution in [2.45, 2.75) is 90.4 Å². The number of hydrogen-bond donors (Lipinski definition) is 0. The van der Waals surface area contributed by atoms with Crippen LogP contribution < -0.4 is 29.6 Å². The molecule has 162 valence electrons. The van der Waals surface area contributed by atoms with Gasteiger partial charge in [0, 0.05) is 13.1 Å². The summed E-state index contributed by atoms with van der Waals surface area (Å²) >= 11 is 0. The maximum atomic E-state index is 11.3. The Bertz CT molecular complexity index is 460. The molecule has 0 unspecified atom stereocenters. The molecule has 0 bridgehead atoms. The molecule has 0 N–H and O–H groups in total. The van der Waals surface area contributed by atoms with Crippen LogP contribution in [0.1, 0.15) is 90.4 Å². The summed E-state index contributed by atoms with van der Waals surface area (Å²) in [5, 5.41) is 0. The van der Waals surface area contributed by atoms with E-state index in [-0.39, 0.29) is 48.5 Å². The van der Waals surface area contributed by atoms with Gasteiger partial charge in [0.1, 0.15) is 0 Å². The molecule has 0 spiro atoms.